The lowest BCUT2D eigenvalue weighted by molar-refractivity contribution is 0.592. The number of nitriles is 2. The van der Waals surface area contributed by atoms with Crippen LogP contribution in [0.4, 0.5) is 0 Å². The van der Waals surface area contributed by atoms with Crippen LogP contribution in [0.5, 0.6) is 0 Å². The van der Waals surface area contributed by atoms with Crippen molar-refractivity contribution in [2.45, 2.75) is 26.2 Å². The zero-order valence-electron chi connectivity index (χ0n) is 10.8. The number of nitrogens with zero attached hydrogens (tertiary/aromatic N) is 2. The molecule has 0 spiro atoms. The van der Waals surface area contributed by atoms with E-state index >= 15 is 0 Å². The molecule has 0 unspecified atom stereocenters. The van der Waals surface area contributed by atoms with Gasteiger partial charge >= 0.3 is 0 Å². The SMILES string of the molecule is CC(C)(C)c1cc2ccc(C#N)c(C#N)cc-2c1. The Hall–Kier alpha value is -2.32. The Morgan fingerprint density at radius 2 is 1.44 bits per heavy atom. The Kier molecular flexibility index (Phi) is 2.81. The lowest BCUT2D eigenvalue weighted by Gasteiger charge is -2.16. The Morgan fingerprint density at radius 3 is 2.00 bits per heavy atom. The quantitative estimate of drug-likeness (QED) is 0.695. The first-order valence-corrected chi connectivity index (χ1v) is 5.84. The molecule has 2 aliphatic rings. The average molecular weight is 234 g/mol. The molecule has 18 heavy (non-hydrogen) atoms. The van der Waals surface area contributed by atoms with Crippen LogP contribution in [0.3, 0.4) is 0 Å². The highest BCUT2D eigenvalue weighted by atomic mass is 14.3. The summed E-state index contributed by atoms with van der Waals surface area (Å²) in [7, 11) is 0. The van der Waals surface area contributed by atoms with Crippen molar-refractivity contribution in [3.8, 4) is 23.3 Å². The summed E-state index contributed by atoms with van der Waals surface area (Å²) in [6.07, 6.45) is 0. The Bertz CT molecular complexity index is 649. The molecule has 2 heteroatoms. The Morgan fingerprint density at radius 1 is 0.833 bits per heavy atom. The van der Waals surface area contributed by atoms with Gasteiger partial charge in [0.25, 0.3) is 0 Å². The van der Waals surface area contributed by atoms with Gasteiger partial charge in [-0.05, 0) is 34.2 Å². The summed E-state index contributed by atoms with van der Waals surface area (Å²) in [5.74, 6) is 0. The summed E-state index contributed by atoms with van der Waals surface area (Å²) in [6, 6.07) is 13.8. The van der Waals surface area contributed by atoms with Gasteiger partial charge in [-0.3, -0.25) is 0 Å². The van der Waals surface area contributed by atoms with Gasteiger partial charge in [-0.25, -0.2) is 0 Å². The molecule has 0 aromatic heterocycles. The lowest BCUT2D eigenvalue weighted by Crippen LogP contribution is -2.08. The van der Waals surface area contributed by atoms with E-state index in [-0.39, 0.29) is 5.41 Å². The highest BCUT2D eigenvalue weighted by Crippen LogP contribution is 2.33. The van der Waals surface area contributed by atoms with E-state index in [9.17, 15) is 0 Å². The van der Waals surface area contributed by atoms with Crippen LogP contribution in [-0.4, -0.2) is 0 Å². The van der Waals surface area contributed by atoms with Gasteiger partial charge in [-0.1, -0.05) is 39.0 Å². The Balaban J connectivity index is 2.71. The van der Waals surface area contributed by atoms with Gasteiger partial charge in [0.05, 0.1) is 11.1 Å². The second-order valence-corrected chi connectivity index (χ2v) is 5.43. The maximum Gasteiger partial charge on any atom is 0.101 e. The van der Waals surface area contributed by atoms with E-state index in [1.54, 1.807) is 12.1 Å². The second kappa shape index (κ2) is 4.17. The van der Waals surface area contributed by atoms with E-state index < -0.39 is 0 Å². The van der Waals surface area contributed by atoms with Crippen LogP contribution in [0.15, 0.2) is 30.3 Å². The van der Waals surface area contributed by atoms with E-state index in [2.05, 4.69) is 45.0 Å². The molecule has 0 amide bonds. The second-order valence-electron chi connectivity index (χ2n) is 5.43. The molecule has 0 heterocycles. The number of hydrogen-bond donors (Lipinski definition) is 0. The summed E-state index contributed by atoms with van der Waals surface area (Å²) >= 11 is 0. The average Bonchev–Trinajstić information content (AvgIpc) is 2.64. The zero-order valence-corrected chi connectivity index (χ0v) is 10.8. The van der Waals surface area contributed by atoms with Crippen molar-refractivity contribution in [3.63, 3.8) is 0 Å². The minimum Gasteiger partial charge on any atom is -0.192 e. The fourth-order valence-corrected chi connectivity index (χ4v) is 1.93. The van der Waals surface area contributed by atoms with E-state index in [1.807, 2.05) is 6.07 Å². The third-order valence-corrected chi connectivity index (χ3v) is 3.08. The normalized spacial score (nSPS) is 10.9. The van der Waals surface area contributed by atoms with Crippen LogP contribution in [-0.2, 0) is 5.41 Å². The molecule has 0 saturated heterocycles. The molecular formula is C16H14N2. The molecule has 0 aromatic carbocycles. The van der Waals surface area contributed by atoms with Crippen LogP contribution < -0.4 is 0 Å². The van der Waals surface area contributed by atoms with E-state index in [4.69, 9.17) is 10.5 Å². The molecule has 0 fully saturated rings. The molecule has 0 aromatic rings. The Labute approximate surface area is 107 Å². The van der Waals surface area contributed by atoms with Crippen molar-refractivity contribution in [1.82, 2.24) is 0 Å². The molecule has 2 rings (SSSR count). The topological polar surface area (TPSA) is 47.6 Å². The van der Waals surface area contributed by atoms with Crippen molar-refractivity contribution in [2.24, 2.45) is 0 Å². The highest BCUT2D eigenvalue weighted by molar-refractivity contribution is 5.71. The van der Waals surface area contributed by atoms with Gasteiger partial charge in [0.2, 0.25) is 0 Å². The standard InChI is InChI=1S/C16H14N2/c1-16(2,3)15-7-11-4-5-12(9-17)14(10-18)6-13(11)8-15/h4-8H,1-3H3. The molecule has 0 aliphatic heterocycles. The molecule has 0 saturated carbocycles. The first kappa shape index (κ1) is 12.1. The monoisotopic (exact) mass is 234 g/mol. The van der Waals surface area contributed by atoms with Gasteiger partial charge in [0.1, 0.15) is 12.1 Å². The van der Waals surface area contributed by atoms with Crippen molar-refractivity contribution in [1.29, 1.82) is 10.5 Å². The highest BCUT2D eigenvalue weighted by Gasteiger charge is 2.18. The van der Waals surface area contributed by atoms with E-state index in [0.29, 0.717) is 11.1 Å². The van der Waals surface area contributed by atoms with Crippen molar-refractivity contribution >= 4 is 0 Å². The van der Waals surface area contributed by atoms with Gasteiger partial charge in [-0.15, -0.1) is 0 Å². The summed E-state index contributed by atoms with van der Waals surface area (Å²) in [5, 5.41) is 18.1. The largest absolute Gasteiger partial charge is 0.192 e. The smallest absolute Gasteiger partial charge is 0.101 e. The number of fused-ring (bicyclic) bond motifs is 1. The fourth-order valence-electron chi connectivity index (χ4n) is 1.93. The minimum atomic E-state index is 0.0858. The van der Waals surface area contributed by atoms with Crippen LogP contribution in [0, 0.1) is 22.7 Å². The predicted molar refractivity (Wildman–Crippen MR) is 71.2 cm³/mol. The van der Waals surface area contributed by atoms with Gasteiger partial charge in [0, 0.05) is 0 Å². The van der Waals surface area contributed by atoms with Crippen LogP contribution in [0.2, 0.25) is 0 Å². The number of rotatable bonds is 0. The van der Waals surface area contributed by atoms with Crippen molar-refractivity contribution < 1.29 is 0 Å². The molecule has 0 bridgehead atoms. The van der Waals surface area contributed by atoms with Gasteiger partial charge in [0.15, 0.2) is 0 Å². The molecule has 2 aliphatic carbocycles. The predicted octanol–water partition coefficient (Wildman–Crippen LogP) is 3.83. The van der Waals surface area contributed by atoms with E-state index in [1.165, 1.54) is 5.56 Å². The van der Waals surface area contributed by atoms with Crippen molar-refractivity contribution in [2.75, 3.05) is 0 Å². The molecular weight excluding hydrogens is 220 g/mol. The van der Waals surface area contributed by atoms with Gasteiger partial charge < -0.3 is 0 Å². The third kappa shape index (κ3) is 2.06. The number of hydrogen-bond acceptors (Lipinski definition) is 2. The summed E-state index contributed by atoms with van der Waals surface area (Å²) in [6.45, 7) is 6.48. The first-order chi connectivity index (χ1) is 8.45. The molecule has 0 N–H and O–H groups in total. The van der Waals surface area contributed by atoms with Crippen molar-refractivity contribution in [3.05, 3.63) is 47.0 Å². The summed E-state index contributed by atoms with van der Waals surface area (Å²) < 4.78 is 0. The summed E-state index contributed by atoms with van der Waals surface area (Å²) in [5.41, 5.74) is 4.26. The fraction of sp³-hybridized carbons (Fsp3) is 0.250. The van der Waals surface area contributed by atoms with Crippen LogP contribution in [0.1, 0.15) is 37.5 Å². The zero-order chi connectivity index (χ0) is 13.3. The lowest BCUT2D eigenvalue weighted by atomic mass is 9.89. The molecule has 2 nitrogen and oxygen atoms in total. The van der Waals surface area contributed by atoms with Gasteiger partial charge in [-0.2, -0.15) is 10.5 Å². The maximum atomic E-state index is 9.09. The molecule has 0 radical (unpaired) electrons. The molecule has 0 atom stereocenters. The minimum absolute atomic E-state index is 0.0858. The first-order valence-electron chi connectivity index (χ1n) is 5.84. The van der Waals surface area contributed by atoms with Crippen LogP contribution >= 0.6 is 0 Å². The molecule has 88 valence electrons. The third-order valence-electron chi connectivity index (χ3n) is 3.08. The van der Waals surface area contributed by atoms with E-state index in [0.717, 1.165) is 11.1 Å². The maximum absolute atomic E-state index is 9.09. The summed E-state index contributed by atoms with van der Waals surface area (Å²) in [4.78, 5) is 0. The van der Waals surface area contributed by atoms with Crippen LogP contribution in [0.25, 0.3) is 11.1 Å².